The second kappa shape index (κ2) is 9.83. The molecule has 0 aliphatic carbocycles. The van der Waals surface area contributed by atoms with Gasteiger partial charge in [0.25, 0.3) is 5.91 Å². The van der Waals surface area contributed by atoms with Crippen molar-refractivity contribution in [3.8, 4) is 10.6 Å². The van der Waals surface area contributed by atoms with E-state index in [1.165, 1.54) is 17.5 Å². The van der Waals surface area contributed by atoms with E-state index in [1.807, 2.05) is 0 Å². The van der Waals surface area contributed by atoms with E-state index in [-0.39, 0.29) is 36.4 Å². The van der Waals surface area contributed by atoms with Crippen LogP contribution in [0.15, 0.2) is 29.6 Å². The number of hydrogen-bond donors (Lipinski definition) is 2. The zero-order chi connectivity index (χ0) is 16.2. The standard InChI is InChI=1S/C14H14F3N3OS.2ClH/c1-18-5-6-19-12(21)11-8-22-13(20-11)9-3-2-4-10(7-9)14(15,16)17;;/h2-4,7-8,18H,5-6H2,1H3,(H,19,21);2*1H. The first kappa shape index (κ1) is 22.6. The molecule has 0 aliphatic rings. The molecule has 0 unspecified atom stereocenters. The average Bonchev–Trinajstić information content (AvgIpc) is 2.96. The molecule has 2 aromatic rings. The molecule has 24 heavy (non-hydrogen) atoms. The summed E-state index contributed by atoms with van der Waals surface area (Å²) in [6, 6.07) is 4.90. The van der Waals surface area contributed by atoms with Crippen LogP contribution in [-0.4, -0.2) is 31.0 Å². The summed E-state index contributed by atoms with van der Waals surface area (Å²) in [4.78, 5) is 15.9. The van der Waals surface area contributed by atoms with Crippen molar-refractivity contribution >= 4 is 42.1 Å². The first-order chi connectivity index (χ1) is 10.4. The van der Waals surface area contributed by atoms with Crippen LogP contribution in [0.4, 0.5) is 13.2 Å². The number of nitrogens with zero attached hydrogens (tertiary/aromatic N) is 1. The molecule has 0 saturated carbocycles. The Hall–Kier alpha value is -1.35. The lowest BCUT2D eigenvalue weighted by Gasteiger charge is -2.07. The second-order valence-electron chi connectivity index (χ2n) is 4.48. The number of halogens is 5. The van der Waals surface area contributed by atoms with Crippen LogP contribution >= 0.6 is 36.2 Å². The van der Waals surface area contributed by atoms with Crippen LogP contribution in [-0.2, 0) is 6.18 Å². The predicted molar refractivity (Wildman–Crippen MR) is 93.3 cm³/mol. The first-order valence-corrected chi connectivity index (χ1v) is 7.35. The molecule has 0 radical (unpaired) electrons. The van der Waals surface area contributed by atoms with Gasteiger partial charge >= 0.3 is 6.18 Å². The van der Waals surface area contributed by atoms with Crippen LogP contribution in [0.3, 0.4) is 0 Å². The number of likely N-dealkylation sites (N-methyl/N-ethyl adjacent to an activating group) is 1. The Morgan fingerprint density at radius 2 is 1.96 bits per heavy atom. The largest absolute Gasteiger partial charge is 0.416 e. The van der Waals surface area contributed by atoms with E-state index in [9.17, 15) is 18.0 Å². The Morgan fingerprint density at radius 1 is 1.25 bits per heavy atom. The van der Waals surface area contributed by atoms with Crippen molar-refractivity contribution in [2.75, 3.05) is 20.1 Å². The number of aromatic nitrogens is 1. The van der Waals surface area contributed by atoms with Gasteiger partial charge in [0.2, 0.25) is 0 Å². The van der Waals surface area contributed by atoms with Crippen molar-refractivity contribution in [3.05, 3.63) is 40.9 Å². The number of rotatable bonds is 5. The first-order valence-electron chi connectivity index (χ1n) is 6.48. The van der Waals surface area contributed by atoms with E-state index >= 15 is 0 Å². The molecule has 2 rings (SSSR count). The number of thiazole rings is 1. The normalized spacial score (nSPS) is 10.5. The van der Waals surface area contributed by atoms with E-state index in [2.05, 4.69) is 15.6 Å². The predicted octanol–water partition coefficient (Wildman–Crippen LogP) is 3.62. The molecule has 1 heterocycles. The van der Waals surface area contributed by atoms with Gasteiger partial charge in [-0.2, -0.15) is 13.2 Å². The van der Waals surface area contributed by atoms with Gasteiger partial charge in [0.15, 0.2) is 0 Å². The number of hydrogen-bond acceptors (Lipinski definition) is 4. The lowest BCUT2D eigenvalue weighted by Crippen LogP contribution is -2.30. The highest BCUT2D eigenvalue weighted by Crippen LogP contribution is 2.33. The molecule has 4 nitrogen and oxygen atoms in total. The molecule has 1 amide bonds. The molecule has 1 aromatic heterocycles. The second-order valence-corrected chi connectivity index (χ2v) is 5.33. The molecule has 0 fully saturated rings. The van der Waals surface area contributed by atoms with Crippen LogP contribution in [0.25, 0.3) is 10.6 Å². The number of amides is 1. The smallest absolute Gasteiger partial charge is 0.349 e. The Kier molecular flexibility index (Phi) is 9.27. The number of carbonyl (C=O) groups excluding carboxylic acids is 1. The lowest BCUT2D eigenvalue weighted by molar-refractivity contribution is -0.137. The summed E-state index contributed by atoms with van der Waals surface area (Å²) in [5, 5.41) is 7.46. The summed E-state index contributed by atoms with van der Waals surface area (Å²) in [5.74, 6) is -0.343. The van der Waals surface area contributed by atoms with Crippen LogP contribution in [0.5, 0.6) is 0 Å². The van der Waals surface area contributed by atoms with Gasteiger partial charge in [-0.1, -0.05) is 12.1 Å². The molecule has 0 bridgehead atoms. The highest BCUT2D eigenvalue weighted by Gasteiger charge is 2.30. The van der Waals surface area contributed by atoms with Crippen LogP contribution in [0, 0.1) is 0 Å². The molecule has 10 heteroatoms. The van der Waals surface area contributed by atoms with Gasteiger partial charge in [-0.15, -0.1) is 36.2 Å². The Bertz CT molecular complexity index is 665. The van der Waals surface area contributed by atoms with E-state index in [4.69, 9.17) is 0 Å². The van der Waals surface area contributed by atoms with Crippen molar-refractivity contribution in [3.63, 3.8) is 0 Å². The highest BCUT2D eigenvalue weighted by molar-refractivity contribution is 7.13. The van der Waals surface area contributed by atoms with Crippen LogP contribution in [0.1, 0.15) is 16.1 Å². The quantitative estimate of drug-likeness (QED) is 0.752. The third kappa shape index (κ3) is 5.94. The minimum atomic E-state index is -4.40. The van der Waals surface area contributed by atoms with E-state index < -0.39 is 11.7 Å². The van der Waals surface area contributed by atoms with Gasteiger partial charge in [-0.3, -0.25) is 4.79 Å². The van der Waals surface area contributed by atoms with Crippen LogP contribution < -0.4 is 10.6 Å². The Morgan fingerprint density at radius 3 is 2.58 bits per heavy atom. The Labute approximate surface area is 153 Å². The maximum absolute atomic E-state index is 12.7. The molecule has 0 saturated heterocycles. The maximum Gasteiger partial charge on any atom is 0.416 e. The molecule has 134 valence electrons. The molecule has 1 aromatic carbocycles. The van der Waals surface area contributed by atoms with Gasteiger partial charge in [0, 0.05) is 24.0 Å². The van der Waals surface area contributed by atoms with Gasteiger partial charge in [-0.05, 0) is 19.2 Å². The number of carbonyl (C=O) groups is 1. The Balaban J connectivity index is 0.00000264. The van der Waals surface area contributed by atoms with Gasteiger partial charge in [0.1, 0.15) is 10.7 Å². The average molecular weight is 402 g/mol. The fraction of sp³-hybridized carbons (Fsp3) is 0.286. The summed E-state index contributed by atoms with van der Waals surface area (Å²) < 4.78 is 38.1. The number of nitrogens with one attached hydrogen (secondary N) is 2. The minimum absolute atomic E-state index is 0. The molecule has 0 aliphatic heterocycles. The van der Waals surface area contributed by atoms with E-state index in [0.29, 0.717) is 23.7 Å². The van der Waals surface area contributed by atoms with Crippen molar-refractivity contribution in [1.29, 1.82) is 0 Å². The number of alkyl halides is 3. The van der Waals surface area contributed by atoms with E-state index in [1.54, 1.807) is 7.05 Å². The van der Waals surface area contributed by atoms with Crippen LogP contribution in [0.2, 0.25) is 0 Å². The third-order valence-corrected chi connectivity index (χ3v) is 3.73. The minimum Gasteiger partial charge on any atom is -0.349 e. The van der Waals surface area contributed by atoms with Gasteiger partial charge in [0.05, 0.1) is 5.56 Å². The molecule has 2 N–H and O–H groups in total. The molecule has 0 spiro atoms. The summed E-state index contributed by atoms with van der Waals surface area (Å²) in [6.45, 7) is 1.07. The fourth-order valence-electron chi connectivity index (χ4n) is 1.73. The lowest BCUT2D eigenvalue weighted by atomic mass is 10.1. The zero-order valence-corrected chi connectivity index (χ0v) is 15.0. The van der Waals surface area contributed by atoms with Crippen molar-refractivity contribution < 1.29 is 18.0 Å². The summed E-state index contributed by atoms with van der Waals surface area (Å²) in [7, 11) is 1.76. The third-order valence-electron chi connectivity index (χ3n) is 2.83. The summed E-state index contributed by atoms with van der Waals surface area (Å²) >= 11 is 1.13. The number of benzene rings is 1. The highest BCUT2D eigenvalue weighted by atomic mass is 35.5. The van der Waals surface area contributed by atoms with Crippen molar-refractivity contribution in [2.45, 2.75) is 6.18 Å². The molecule has 0 atom stereocenters. The topological polar surface area (TPSA) is 54.0 Å². The molecular weight excluding hydrogens is 386 g/mol. The van der Waals surface area contributed by atoms with Gasteiger partial charge in [-0.25, -0.2) is 4.98 Å². The van der Waals surface area contributed by atoms with E-state index in [0.717, 1.165) is 23.5 Å². The fourth-order valence-corrected chi connectivity index (χ4v) is 2.53. The van der Waals surface area contributed by atoms with Crippen molar-refractivity contribution in [2.24, 2.45) is 0 Å². The summed E-state index contributed by atoms with van der Waals surface area (Å²) in [5.41, 5.74) is -0.192. The zero-order valence-electron chi connectivity index (χ0n) is 12.5. The molecular formula is C14H16Cl2F3N3OS. The monoisotopic (exact) mass is 401 g/mol. The van der Waals surface area contributed by atoms with Crippen molar-refractivity contribution in [1.82, 2.24) is 15.6 Å². The SMILES string of the molecule is CNCCNC(=O)c1csc(-c2cccc(C(F)(F)F)c2)n1.Cl.Cl. The maximum atomic E-state index is 12.7. The summed E-state index contributed by atoms with van der Waals surface area (Å²) in [6.07, 6.45) is -4.40. The van der Waals surface area contributed by atoms with Gasteiger partial charge < -0.3 is 10.6 Å².